The molecule has 0 spiro atoms. The van der Waals surface area contributed by atoms with E-state index in [0.29, 0.717) is 43.7 Å². The summed E-state index contributed by atoms with van der Waals surface area (Å²) in [6.45, 7) is 1.41. The number of hydrogen-bond acceptors (Lipinski definition) is 8. The second kappa shape index (κ2) is 11.6. The summed E-state index contributed by atoms with van der Waals surface area (Å²) in [7, 11) is 1.32. The standard InChI is InChI=1S/C27H29ClFN3O5S/c1-36-27(35)23-15(12-32-17-10-16(11-22(33)34)21(32)14-37-13-17)4-2-7-20(26-30-8-9-38-26)31-25(23)18-5-3-6-19(29)24(18)28/h3,5-6,8-9,16-17,21,25H,2,4,7,10-14H2,1H3,(H,33,34). The fraction of sp³-hybridized carbons (Fsp3) is 0.481. The van der Waals surface area contributed by atoms with Crippen molar-refractivity contribution >= 4 is 40.6 Å². The number of carbonyl (C=O) groups is 2. The SMILES string of the molecule is COC(=O)C1=C(CN2C3COCC2C(CC(=O)O)C3)CCCC(c2nccs2)=NC1c1cccc(F)c1Cl. The fourth-order valence-corrected chi connectivity index (χ4v) is 6.80. The van der Waals surface area contributed by atoms with Gasteiger partial charge in [0, 0.05) is 42.2 Å². The number of methoxy groups -OCH3 is 1. The Hall–Kier alpha value is -2.66. The quantitative estimate of drug-likeness (QED) is 0.490. The van der Waals surface area contributed by atoms with Crippen molar-refractivity contribution in [2.75, 3.05) is 26.9 Å². The van der Waals surface area contributed by atoms with Crippen LogP contribution in [0.1, 0.15) is 48.7 Å². The Balaban J connectivity index is 1.61. The van der Waals surface area contributed by atoms with E-state index in [9.17, 15) is 19.1 Å². The molecule has 3 aliphatic rings. The van der Waals surface area contributed by atoms with Crippen LogP contribution in [0.15, 0.2) is 45.9 Å². The Morgan fingerprint density at radius 3 is 2.89 bits per heavy atom. The number of carboxylic acids is 1. The minimum atomic E-state index is -0.881. The number of halogens is 2. The average Bonchev–Trinajstić information content (AvgIpc) is 3.47. The Morgan fingerprint density at radius 1 is 1.32 bits per heavy atom. The average molecular weight is 562 g/mol. The Labute approximate surface area is 229 Å². The van der Waals surface area contributed by atoms with Gasteiger partial charge >= 0.3 is 11.9 Å². The number of fused-ring (bicyclic) bond motifs is 2. The minimum absolute atomic E-state index is 0.0290. The van der Waals surface area contributed by atoms with Crippen molar-refractivity contribution in [3.63, 3.8) is 0 Å². The molecular weight excluding hydrogens is 533 g/mol. The van der Waals surface area contributed by atoms with Gasteiger partial charge in [0.15, 0.2) is 0 Å². The molecular formula is C27H29ClFN3O5S. The van der Waals surface area contributed by atoms with Crippen LogP contribution in [-0.4, -0.2) is 71.6 Å². The number of ether oxygens (including phenoxy) is 2. The predicted octanol–water partition coefficient (Wildman–Crippen LogP) is 4.68. The molecule has 0 saturated carbocycles. The smallest absolute Gasteiger partial charge is 0.336 e. The zero-order chi connectivity index (χ0) is 26.8. The Kier molecular flexibility index (Phi) is 8.23. The van der Waals surface area contributed by atoms with Gasteiger partial charge in [-0.2, -0.15) is 0 Å². The van der Waals surface area contributed by atoms with E-state index in [1.807, 2.05) is 5.38 Å². The number of benzene rings is 1. The van der Waals surface area contributed by atoms with Crippen LogP contribution in [0, 0.1) is 11.7 Å². The number of aromatic nitrogens is 1. The highest BCUT2D eigenvalue weighted by atomic mass is 35.5. The summed E-state index contributed by atoms with van der Waals surface area (Å²) in [6.07, 6.45) is 4.47. The van der Waals surface area contributed by atoms with E-state index in [-0.39, 0.29) is 29.4 Å². The van der Waals surface area contributed by atoms with E-state index in [1.165, 1.54) is 24.5 Å². The number of rotatable bonds is 7. The molecule has 4 atom stereocenters. The number of carbonyl (C=O) groups excluding carboxylic acids is 1. The van der Waals surface area contributed by atoms with Crippen LogP contribution in [0.5, 0.6) is 0 Å². The highest BCUT2D eigenvalue weighted by Crippen LogP contribution is 2.41. The number of thiazole rings is 1. The fourth-order valence-electron chi connectivity index (χ4n) is 5.91. The van der Waals surface area contributed by atoms with Crippen LogP contribution >= 0.6 is 22.9 Å². The lowest BCUT2D eigenvalue weighted by molar-refractivity contribution is -0.138. The van der Waals surface area contributed by atoms with Gasteiger partial charge in [0.25, 0.3) is 0 Å². The Bertz CT molecular complexity index is 1270. The molecule has 1 aromatic carbocycles. The van der Waals surface area contributed by atoms with Crippen LogP contribution in [0.2, 0.25) is 5.02 Å². The van der Waals surface area contributed by atoms with E-state index >= 15 is 0 Å². The van der Waals surface area contributed by atoms with Crippen molar-refractivity contribution < 1.29 is 28.6 Å². The first kappa shape index (κ1) is 26.9. The third kappa shape index (κ3) is 5.40. The summed E-state index contributed by atoms with van der Waals surface area (Å²) < 4.78 is 25.7. The van der Waals surface area contributed by atoms with Crippen LogP contribution in [0.3, 0.4) is 0 Å². The largest absolute Gasteiger partial charge is 0.481 e. The van der Waals surface area contributed by atoms with Crippen molar-refractivity contribution in [2.24, 2.45) is 10.9 Å². The third-order valence-corrected chi connectivity index (χ3v) is 8.84. The highest BCUT2D eigenvalue weighted by Gasteiger charge is 2.45. The molecule has 38 heavy (non-hydrogen) atoms. The van der Waals surface area contributed by atoms with Crippen LogP contribution < -0.4 is 0 Å². The van der Waals surface area contributed by atoms with Crippen molar-refractivity contribution in [1.29, 1.82) is 0 Å². The Morgan fingerprint density at radius 2 is 2.16 bits per heavy atom. The van der Waals surface area contributed by atoms with Crippen LogP contribution in [-0.2, 0) is 19.1 Å². The molecule has 4 unspecified atom stereocenters. The number of aliphatic imine (C=N–C) groups is 1. The summed E-state index contributed by atoms with van der Waals surface area (Å²) in [5, 5.41) is 12.0. The number of esters is 1. The monoisotopic (exact) mass is 561 g/mol. The molecule has 0 amide bonds. The lowest BCUT2D eigenvalue weighted by Crippen LogP contribution is -2.48. The lowest BCUT2D eigenvalue weighted by atomic mass is 9.89. The van der Waals surface area contributed by atoms with E-state index in [4.69, 9.17) is 26.1 Å². The molecule has 2 saturated heterocycles. The normalized spacial score (nSPS) is 26.0. The maximum absolute atomic E-state index is 14.6. The summed E-state index contributed by atoms with van der Waals surface area (Å²) in [4.78, 5) is 36.6. The van der Waals surface area contributed by atoms with Gasteiger partial charge in [-0.25, -0.2) is 14.2 Å². The molecule has 5 rings (SSSR count). The van der Waals surface area contributed by atoms with E-state index in [1.54, 1.807) is 18.3 Å². The van der Waals surface area contributed by atoms with Gasteiger partial charge in [-0.15, -0.1) is 11.3 Å². The van der Waals surface area contributed by atoms with Crippen molar-refractivity contribution in [2.45, 2.75) is 50.2 Å². The molecule has 0 aliphatic carbocycles. The first-order chi connectivity index (χ1) is 18.4. The number of carboxylic acid groups (broad SMARTS) is 1. The number of morpholine rings is 1. The predicted molar refractivity (Wildman–Crippen MR) is 141 cm³/mol. The van der Waals surface area contributed by atoms with Crippen LogP contribution in [0.4, 0.5) is 4.39 Å². The molecule has 202 valence electrons. The molecule has 2 aromatic rings. The molecule has 2 fully saturated rings. The third-order valence-electron chi connectivity index (χ3n) is 7.62. The van der Waals surface area contributed by atoms with E-state index < -0.39 is 23.8 Å². The molecule has 4 heterocycles. The zero-order valence-electron chi connectivity index (χ0n) is 20.9. The maximum Gasteiger partial charge on any atom is 0.336 e. The van der Waals surface area contributed by atoms with Gasteiger partial charge in [-0.1, -0.05) is 23.7 Å². The van der Waals surface area contributed by atoms with Gasteiger partial charge in [0.2, 0.25) is 0 Å². The van der Waals surface area contributed by atoms with Gasteiger partial charge in [0.05, 0.1) is 36.6 Å². The topological polar surface area (TPSA) is 101 Å². The summed E-state index contributed by atoms with van der Waals surface area (Å²) in [6, 6.07) is 3.63. The second-order valence-corrected chi connectivity index (χ2v) is 11.1. The number of aliphatic carboxylic acids is 1. The van der Waals surface area contributed by atoms with E-state index in [2.05, 4.69) is 9.88 Å². The van der Waals surface area contributed by atoms with Gasteiger partial charge in [0.1, 0.15) is 16.9 Å². The van der Waals surface area contributed by atoms with Crippen molar-refractivity contribution in [3.05, 3.63) is 62.3 Å². The summed E-state index contributed by atoms with van der Waals surface area (Å²) in [5.41, 5.74) is 2.30. The minimum Gasteiger partial charge on any atom is -0.481 e. The second-order valence-electron chi connectivity index (χ2n) is 9.85. The first-order valence-electron chi connectivity index (χ1n) is 12.6. The molecule has 0 radical (unpaired) electrons. The molecule has 1 aromatic heterocycles. The van der Waals surface area contributed by atoms with E-state index in [0.717, 1.165) is 29.1 Å². The number of nitrogens with zero attached hydrogens (tertiary/aromatic N) is 3. The molecule has 1 N–H and O–H groups in total. The molecule has 3 aliphatic heterocycles. The van der Waals surface area contributed by atoms with Gasteiger partial charge in [-0.3, -0.25) is 14.7 Å². The van der Waals surface area contributed by atoms with Gasteiger partial charge < -0.3 is 14.6 Å². The van der Waals surface area contributed by atoms with Gasteiger partial charge in [-0.05, 0) is 43.2 Å². The molecule has 8 nitrogen and oxygen atoms in total. The summed E-state index contributed by atoms with van der Waals surface area (Å²) >= 11 is 7.91. The van der Waals surface area contributed by atoms with Crippen LogP contribution in [0.25, 0.3) is 0 Å². The summed E-state index contributed by atoms with van der Waals surface area (Å²) in [5.74, 6) is -1.99. The zero-order valence-corrected chi connectivity index (χ0v) is 22.5. The van der Waals surface area contributed by atoms with Crippen molar-refractivity contribution in [1.82, 2.24) is 9.88 Å². The number of hydrogen-bond donors (Lipinski definition) is 1. The maximum atomic E-state index is 14.6. The highest BCUT2D eigenvalue weighted by molar-refractivity contribution is 7.11. The van der Waals surface area contributed by atoms with Crippen molar-refractivity contribution in [3.8, 4) is 0 Å². The molecule has 2 bridgehead atoms. The lowest BCUT2D eigenvalue weighted by Gasteiger charge is -2.37. The first-order valence-corrected chi connectivity index (χ1v) is 13.9. The molecule has 11 heteroatoms.